The molecule has 6 nitrogen and oxygen atoms in total. The van der Waals surface area contributed by atoms with E-state index in [2.05, 4.69) is 80.0 Å². The summed E-state index contributed by atoms with van der Waals surface area (Å²) >= 11 is 4.53. The van der Waals surface area contributed by atoms with Gasteiger partial charge < -0.3 is 9.30 Å². The van der Waals surface area contributed by atoms with Crippen molar-refractivity contribution in [2.45, 2.75) is 13.2 Å². The molecule has 1 heterocycles. The molecule has 0 unspecified atom stereocenters. The van der Waals surface area contributed by atoms with Crippen LogP contribution in [0.1, 0.15) is 11.1 Å². The first-order chi connectivity index (χ1) is 20.0. The van der Waals surface area contributed by atoms with Crippen molar-refractivity contribution in [2.24, 2.45) is 5.10 Å². The molecule has 8 heteroatoms. The first-order valence-electron chi connectivity index (χ1n) is 12.9. The number of carbonyl (C=O) groups excluding carboxylic acids is 1. The van der Waals surface area contributed by atoms with Crippen LogP contribution in [0.3, 0.4) is 0 Å². The second-order valence-corrected chi connectivity index (χ2v) is 11.8. The highest BCUT2D eigenvalue weighted by Crippen LogP contribution is 2.30. The number of benzene rings is 5. The van der Waals surface area contributed by atoms with E-state index in [9.17, 15) is 9.59 Å². The molecule has 0 spiro atoms. The van der Waals surface area contributed by atoms with Gasteiger partial charge in [-0.2, -0.15) is 5.10 Å². The third kappa shape index (κ3) is 5.71. The highest BCUT2D eigenvalue weighted by molar-refractivity contribution is 14.1. The lowest BCUT2D eigenvalue weighted by molar-refractivity contribution is -0.121. The largest absolute Gasteiger partial charge is 0.487 e. The maximum absolute atomic E-state index is 13.0. The van der Waals surface area contributed by atoms with E-state index < -0.39 is 0 Å². The number of halogens is 2. The Balaban J connectivity index is 1.17. The van der Waals surface area contributed by atoms with Crippen LogP contribution in [-0.4, -0.2) is 16.7 Å². The zero-order valence-electron chi connectivity index (χ0n) is 21.7. The minimum Gasteiger partial charge on any atom is -0.487 e. The van der Waals surface area contributed by atoms with Gasteiger partial charge in [0, 0.05) is 10.8 Å². The van der Waals surface area contributed by atoms with Crippen LogP contribution in [0.15, 0.2) is 113 Å². The normalized spacial score (nSPS) is 11.5. The molecule has 6 rings (SSSR count). The predicted molar refractivity (Wildman–Crippen MR) is 182 cm³/mol. The topological polar surface area (TPSA) is 72.7 Å². The molecule has 0 aliphatic heterocycles. The Morgan fingerprint density at radius 3 is 2.07 bits per heavy atom. The van der Waals surface area contributed by atoms with E-state index >= 15 is 0 Å². The molecular weight excluding hydrogens is 740 g/mol. The Labute approximate surface area is 263 Å². The van der Waals surface area contributed by atoms with Gasteiger partial charge in [0.2, 0.25) is 0 Å². The van der Waals surface area contributed by atoms with Gasteiger partial charge in [-0.15, -0.1) is 0 Å². The zero-order chi connectivity index (χ0) is 28.3. The molecule has 1 amide bonds. The lowest BCUT2D eigenvalue weighted by Gasteiger charge is -2.14. The molecule has 0 aliphatic rings. The second-order valence-electron chi connectivity index (χ2n) is 9.48. The van der Waals surface area contributed by atoms with Crippen LogP contribution in [0.4, 0.5) is 0 Å². The van der Waals surface area contributed by atoms with E-state index in [-0.39, 0.29) is 17.9 Å². The zero-order valence-corrected chi connectivity index (χ0v) is 26.0. The first-order valence-corrected chi connectivity index (χ1v) is 15.1. The van der Waals surface area contributed by atoms with E-state index in [1.807, 2.05) is 71.3 Å². The Morgan fingerprint density at radius 2 is 1.39 bits per heavy atom. The molecule has 6 aromatic rings. The van der Waals surface area contributed by atoms with Crippen molar-refractivity contribution in [3.63, 3.8) is 0 Å². The molecule has 41 heavy (non-hydrogen) atoms. The number of fused-ring (bicyclic) bond motifs is 3. The van der Waals surface area contributed by atoms with Crippen LogP contribution < -0.4 is 15.6 Å². The molecule has 0 aliphatic carbocycles. The minimum atomic E-state index is -0.292. The number of hydrogen-bond donors (Lipinski definition) is 1. The number of rotatable bonds is 7. The number of hydrazone groups is 1. The van der Waals surface area contributed by atoms with E-state index in [4.69, 9.17) is 4.74 Å². The third-order valence-electron chi connectivity index (χ3n) is 6.86. The van der Waals surface area contributed by atoms with Crippen molar-refractivity contribution in [1.29, 1.82) is 0 Å². The number of amides is 1. The summed E-state index contributed by atoms with van der Waals surface area (Å²) in [6.45, 7) is 0.486. The Kier molecular flexibility index (Phi) is 8.02. The Bertz CT molecular complexity index is 1950. The molecule has 1 aromatic heterocycles. The predicted octanol–water partition coefficient (Wildman–Crippen LogP) is 7.25. The van der Waals surface area contributed by atoms with Gasteiger partial charge in [-0.1, -0.05) is 66.7 Å². The number of aromatic nitrogens is 1. The summed E-state index contributed by atoms with van der Waals surface area (Å²) in [7, 11) is 0. The van der Waals surface area contributed by atoms with Crippen molar-refractivity contribution in [3.05, 3.63) is 132 Å². The molecule has 0 atom stereocenters. The number of nitrogens with zero attached hydrogens (tertiary/aromatic N) is 2. The fraction of sp³-hybridized carbons (Fsp3) is 0.0606. The Morgan fingerprint density at radius 1 is 0.805 bits per heavy atom. The van der Waals surface area contributed by atoms with Crippen LogP contribution in [0, 0.1) is 7.14 Å². The third-order valence-corrected chi connectivity index (χ3v) is 8.46. The van der Waals surface area contributed by atoms with Gasteiger partial charge in [-0.05, 0) is 103 Å². The van der Waals surface area contributed by atoms with Gasteiger partial charge in [0.1, 0.15) is 18.9 Å². The van der Waals surface area contributed by atoms with Crippen LogP contribution in [0.2, 0.25) is 0 Å². The maximum atomic E-state index is 13.0. The monoisotopic (exact) mass is 763 g/mol. The number of ether oxygens (including phenoxy) is 1. The maximum Gasteiger partial charge on any atom is 0.260 e. The average Bonchev–Trinajstić information content (AvgIpc) is 2.99. The lowest BCUT2D eigenvalue weighted by atomic mass is 10.1. The van der Waals surface area contributed by atoms with Gasteiger partial charge in [0.15, 0.2) is 5.43 Å². The fourth-order valence-electron chi connectivity index (χ4n) is 4.97. The summed E-state index contributed by atoms with van der Waals surface area (Å²) in [6.07, 6.45) is 1.62. The molecule has 5 aromatic carbocycles. The van der Waals surface area contributed by atoms with Gasteiger partial charge in [0.25, 0.3) is 5.91 Å². The quantitative estimate of drug-likeness (QED) is 0.0807. The van der Waals surface area contributed by atoms with E-state index in [0.29, 0.717) is 28.4 Å². The first kappa shape index (κ1) is 27.4. The van der Waals surface area contributed by atoms with E-state index in [1.165, 1.54) is 10.8 Å². The van der Waals surface area contributed by atoms with Gasteiger partial charge in [-0.3, -0.25) is 9.59 Å². The molecule has 0 saturated heterocycles. The van der Waals surface area contributed by atoms with E-state index in [0.717, 1.165) is 24.0 Å². The average molecular weight is 763 g/mol. The van der Waals surface area contributed by atoms with E-state index in [1.54, 1.807) is 18.3 Å². The smallest absolute Gasteiger partial charge is 0.260 e. The molecule has 1 N–H and O–H groups in total. The highest BCUT2D eigenvalue weighted by Gasteiger charge is 2.13. The van der Waals surface area contributed by atoms with Gasteiger partial charge in [0.05, 0.1) is 24.4 Å². The standard InChI is InChI=1S/C33H23I2N3O3/c34-27-16-21(17-28(35)33(27)41-20-23-10-7-9-22-8-1-2-11-24(22)23)18-36-37-31(39)19-38-29-14-5-3-12-25(29)32(40)26-13-4-6-15-30(26)38/h1-18H,19-20H2,(H,37,39)/b36-18+. The van der Waals surface area contributed by atoms with Crippen molar-refractivity contribution >= 4 is 89.9 Å². The van der Waals surface area contributed by atoms with Crippen molar-refractivity contribution < 1.29 is 9.53 Å². The van der Waals surface area contributed by atoms with Crippen LogP contribution in [-0.2, 0) is 17.9 Å². The van der Waals surface area contributed by atoms with Crippen LogP contribution in [0.25, 0.3) is 32.6 Å². The van der Waals surface area contributed by atoms with Gasteiger partial charge in [-0.25, -0.2) is 5.43 Å². The SMILES string of the molecule is O=C(Cn1c2ccccc2c(=O)c2ccccc21)N/N=C/c1cc(I)c(OCc2cccc3ccccc23)c(I)c1. The molecule has 0 bridgehead atoms. The summed E-state index contributed by atoms with van der Waals surface area (Å²) in [5.41, 5.74) is 5.98. The molecule has 0 saturated carbocycles. The summed E-state index contributed by atoms with van der Waals surface area (Å²) in [5, 5.41) is 7.74. The van der Waals surface area contributed by atoms with Crippen molar-refractivity contribution in [2.75, 3.05) is 0 Å². The summed E-state index contributed by atoms with van der Waals surface area (Å²) in [6, 6.07) is 33.1. The summed E-state index contributed by atoms with van der Waals surface area (Å²) in [5.74, 6) is 0.525. The fourth-order valence-corrected chi connectivity index (χ4v) is 7.09. The number of pyridine rings is 1. The molecular formula is C33H23I2N3O3. The summed E-state index contributed by atoms with van der Waals surface area (Å²) in [4.78, 5) is 25.9. The molecule has 0 fully saturated rings. The molecule has 0 radical (unpaired) electrons. The number of carbonyl (C=O) groups is 1. The van der Waals surface area contributed by atoms with Crippen LogP contribution >= 0.6 is 45.2 Å². The molecule has 202 valence electrons. The number of para-hydroxylation sites is 2. The minimum absolute atomic E-state index is 0.0225. The Hall–Kier alpha value is -3.77. The van der Waals surface area contributed by atoms with Crippen molar-refractivity contribution in [1.82, 2.24) is 9.99 Å². The van der Waals surface area contributed by atoms with Gasteiger partial charge >= 0.3 is 0 Å². The van der Waals surface area contributed by atoms with Crippen molar-refractivity contribution in [3.8, 4) is 5.75 Å². The second kappa shape index (κ2) is 12.0. The van der Waals surface area contributed by atoms with Crippen LogP contribution in [0.5, 0.6) is 5.75 Å². The number of hydrogen-bond acceptors (Lipinski definition) is 4. The lowest BCUT2D eigenvalue weighted by Crippen LogP contribution is -2.25. The number of nitrogens with one attached hydrogen (secondary N) is 1. The highest BCUT2D eigenvalue weighted by atomic mass is 127. The summed E-state index contributed by atoms with van der Waals surface area (Å²) < 4.78 is 10.0.